The predicted molar refractivity (Wildman–Crippen MR) is 95.0 cm³/mol. The fourth-order valence-corrected chi connectivity index (χ4v) is 3.62. The second-order valence-corrected chi connectivity index (χ2v) is 7.14. The Balaban J connectivity index is 1.55. The summed E-state index contributed by atoms with van der Waals surface area (Å²) in [6.45, 7) is 5.98. The maximum atomic E-state index is 12.7. The summed E-state index contributed by atoms with van der Waals surface area (Å²) in [4.78, 5) is 40.9. The van der Waals surface area contributed by atoms with Crippen molar-refractivity contribution in [2.45, 2.75) is 39.5 Å². The van der Waals surface area contributed by atoms with E-state index >= 15 is 0 Å². The molecule has 0 unspecified atom stereocenters. The van der Waals surface area contributed by atoms with E-state index in [0.717, 1.165) is 11.1 Å². The Morgan fingerprint density at radius 1 is 1.00 bits per heavy atom. The lowest BCUT2D eigenvalue weighted by molar-refractivity contribution is -0.147. The molecule has 0 bridgehead atoms. The van der Waals surface area contributed by atoms with Gasteiger partial charge in [-0.25, -0.2) is 0 Å². The van der Waals surface area contributed by atoms with Crippen molar-refractivity contribution in [2.75, 3.05) is 26.2 Å². The highest BCUT2D eigenvalue weighted by Gasteiger charge is 2.56. The van der Waals surface area contributed by atoms with Gasteiger partial charge < -0.3 is 9.80 Å². The van der Waals surface area contributed by atoms with Crippen LogP contribution in [0.5, 0.6) is 0 Å². The van der Waals surface area contributed by atoms with Gasteiger partial charge in [-0.3, -0.25) is 14.4 Å². The van der Waals surface area contributed by atoms with E-state index in [0.29, 0.717) is 51.9 Å². The van der Waals surface area contributed by atoms with Gasteiger partial charge in [0.2, 0.25) is 11.8 Å². The van der Waals surface area contributed by atoms with E-state index in [4.69, 9.17) is 0 Å². The molecule has 0 atom stereocenters. The highest BCUT2D eigenvalue weighted by molar-refractivity contribution is 6.08. The number of nitrogens with zero attached hydrogens (tertiary/aromatic N) is 2. The Kier molecular flexibility index (Phi) is 4.93. The van der Waals surface area contributed by atoms with E-state index in [1.165, 1.54) is 0 Å². The van der Waals surface area contributed by atoms with Gasteiger partial charge in [0.15, 0.2) is 0 Å². The largest absolute Gasteiger partial charge is 0.339 e. The molecule has 25 heavy (non-hydrogen) atoms. The summed E-state index contributed by atoms with van der Waals surface area (Å²) in [5, 5.41) is 0. The van der Waals surface area contributed by atoms with Crippen molar-refractivity contribution in [1.29, 1.82) is 0 Å². The van der Waals surface area contributed by atoms with Crippen molar-refractivity contribution in [2.24, 2.45) is 5.41 Å². The second kappa shape index (κ2) is 6.98. The Hall–Kier alpha value is -2.17. The lowest BCUT2D eigenvalue weighted by Crippen LogP contribution is -2.53. The van der Waals surface area contributed by atoms with Crippen molar-refractivity contribution in [3.63, 3.8) is 0 Å². The van der Waals surface area contributed by atoms with E-state index in [1.54, 1.807) is 4.90 Å². The summed E-state index contributed by atoms with van der Waals surface area (Å²) < 4.78 is 0. The lowest BCUT2D eigenvalue weighted by Gasteiger charge is -2.36. The first-order chi connectivity index (χ1) is 12.0. The minimum atomic E-state index is -0.734. The molecule has 0 spiro atoms. The van der Waals surface area contributed by atoms with Gasteiger partial charge in [-0.2, -0.15) is 0 Å². The second-order valence-electron chi connectivity index (χ2n) is 7.14. The molecule has 5 nitrogen and oxygen atoms in total. The number of piperazine rings is 1. The molecule has 1 saturated carbocycles. The molecule has 1 aliphatic heterocycles. The molecule has 2 fully saturated rings. The number of amides is 2. The van der Waals surface area contributed by atoms with Gasteiger partial charge in [0, 0.05) is 32.6 Å². The molecular weight excluding hydrogens is 316 g/mol. The number of hydrogen-bond donors (Lipinski definition) is 0. The molecule has 5 heteroatoms. The number of rotatable bonds is 5. The average molecular weight is 342 g/mol. The van der Waals surface area contributed by atoms with Crippen LogP contribution in [-0.4, -0.2) is 53.6 Å². The molecule has 0 aromatic heterocycles. The van der Waals surface area contributed by atoms with Crippen LogP contribution < -0.4 is 0 Å². The topological polar surface area (TPSA) is 57.7 Å². The zero-order valence-corrected chi connectivity index (χ0v) is 15.1. The molecule has 2 aliphatic rings. The van der Waals surface area contributed by atoms with Crippen molar-refractivity contribution in [3.8, 4) is 0 Å². The number of carbonyl (C=O) groups is 3. The van der Waals surface area contributed by atoms with Crippen LogP contribution in [0, 0.1) is 12.3 Å². The molecule has 2 amide bonds. The van der Waals surface area contributed by atoms with Gasteiger partial charge in [0.25, 0.3) is 0 Å². The number of carbonyl (C=O) groups excluding carboxylic acids is 3. The summed E-state index contributed by atoms with van der Waals surface area (Å²) >= 11 is 0. The maximum absolute atomic E-state index is 12.7. The maximum Gasteiger partial charge on any atom is 0.236 e. The van der Waals surface area contributed by atoms with Crippen LogP contribution in [0.3, 0.4) is 0 Å². The van der Waals surface area contributed by atoms with Crippen LogP contribution in [0.2, 0.25) is 0 Å². The SMILES string of the molecule is CCC(=O)C1(C(=O)N2CCN(C(=O)Cc3ccccc3C)CC2)CC1. The van der Waals surface area contributed by atoms with Gasteiger partial charge >= 0.3 is 0 Å². The third-order valence-electron chi connectivity index (χ3n) is 5.54. The third kappa shape index (κ3) is 3.46. The van der Waals surface area contributed by atoms with Gasteiger partial charge in [0.05, 0.1) is 6.42 Å². The van der Waals surface area contributed by atoms with Crippen molar-refractivity contribution in [3.05, 3.63) is 35.4 Å². The van der Waals surface area contributed by atoms with E-state index in [2.05, 4.69) is 0 Å². The van der Waals surface area contributed by atoms with Crippen LogP contribution >= 0.6 is 0 Å². The van der Waals surface area contributed by atoms with E-state index < -0.39 is 5.41 Å². The molecule has 1 saturated heterocycles. The van der Waals surface area contributed by atoms with Crippen LogP contribution in [0.15, 0.2) is 24.3 Å². The van der Waals surface area contributed by atoms with E-state index in [9.17, 15) is 14.4 Å². The zero-order valence-electron chi connectivity index (χ0n) is 15.1. The third-order valence-corrected chi connectivity index (χ3v) is 5.54. The molecule has 1 aromatic rings. The number of ketones is 1. The van der Waals surface area contributed by atoms with Crippen LogP contribution in [-0.2, 0) is 20.8 Å². The first-order valence-electron chi connectivity index (χ1n) is 9.13. The molecule has 1 aliphatic carbocycles. The van der Waals surface area contributed by atoms with Gasteiger partial charge in [-0.15, -0.1) is 0 Å². The fraction of sp³-hybridized carbons (Fsp3) is 0.550. The minimum Gasteiger partial charge on any atom is -0.339 e. The fourth-order valence-electron chi connectivity index (χ4n) is 3.62. The lowest BCUT2D eigenvalue weighted by atomic mass is 9.96. The van der Waals surface area contributed by atoms with Gasteiger partial charge in [0.1, 0.15) is 11.2 Å². The standard InChI is InChI=1S/C20H26N2O3/c1-3-17(23)20(8-9-20)19(25)22-12-10-21(11-13-22)18(24)14-16-7-5-4-6-15(16)2/h4-7H,3,8-14H2,1-2H3. The van der Waals surface area contributed by atoms with E-state index in [1.807, 2.05) is 43.0 Å². The average Bonchev–Trinajstić information content (AvgIpc) is 3.44. The van der Waals surface area contributed by atoms with Crippen molar-refractivity contribution < 1.29 is 14.4 Å². The van der Waals surface area contributed by atoms with Crippen LogP contribution in [0.4, 0.5) is 0 Å². The predicted octanol–water partition coefficient (Wildman–Crippen LogP) is 1.97. The number of aryl methyl sites for hydroxylation is 1. The van der Waals surface area contributed by atoms with Gasteiger partial charge in [-0.1, -0.05) is 31.2 Å². The molecule has 0 N–H and O–H groups in total. The quantitative estimate of drug-likeness (QED) is 0.769. The highest BCUT2D eigenvalue weighted by atomic mass is 16.2. The highest BCUT2D eigenvalue weighted by Crippen LogP contribution is 2.48. The van der Waals surface area contributed by atoms with E-state index in [-0.39, 0.29) is 17.6 Å². The molecule has 1 aromatic carbocycles. The Bertz CT molecular complexity index is 686. The first-order valence-corrected chi connectivity index (χ1v) is 9.13. The first kappa shape index (κ1) is 17.6. The number of Topliss-reactive ketones (excluding diaryl/α,β-unsaturated/α-hetero) is 1. The summed E-state index contributed by atoms with van der Waals surface area (Å²) in [5.74, 6) is 0.146. The summed E-state index contributed by atoms with van der Waals surface area (Å²) in [6, 6.07) is 7.92. The molecule has 0 radical (unpaired) electrons. The summed E-state index contributed by atoms with van der Waals surface area (Å²) in [7, 11) is 0. The number of benzene rings is 1. The van der Waals surface area contributed by atoms with Crippen molar-refractivity contribution in [1.82, 2.24) is 9.80 Å². The molecule has 134 valence electrons. The van der Waals surface area contributed by atoms with Crippen LogP contribution in [0.1, 0.15) is 37.3 Å². The summed E-state index contributed by atoms with van der Waals surface area (Å²) in [5.41, 5.74) is 1.44. The summed E-state index contributed by atoms with van der Waals surface area (Å²) in [6.07, 6.45) is 2.19. The monoisotopic (exact) mass is 342 g/mol. The molecular formula is C20H26N2O3. The van der Waals surface area contributed by atoms with Crippen molar-refractivity contribution >= 4 is 17.6 Å². The number of hydrogen-bond acceptors (Lipinski definition) is 3. The minimum absolute atomic E-state index is 0.0228. The smallest absolute Gasteiger partial charge is 0.236 e. The molecule has 3 rings (SSSR count). The van der Waals surface area contributed by atoms with Crippen LogP contribution in [0.25, 0.3) is 0 Å². The normalized spacial score (nSPS) is 18.8. The Labute approximate surface area is 149 Å². The molecule has 1 heterocycles. The van der Waals surface area contributed by atoms with Gasteiger partial charge in [-0.05, 0) is 30.9 Å². The zero-order chi connectivity index (χ0) is 18.0. The Morgan fingerprint density at radius 2 is 1.60 bits per heavy atom. The Morgan fingerprint density at radius 3 is 2.16 bits per heavy atom.